The number of pyridine rings is 1. The molecular formula is C22H23N5O5S. The van der Waals surface area contributed by atoms with Gasteiger partial charge >= 0.3 is 0 Å². The molecule has 10 nitrogen and oxygen atoms in total. The third kappa shape index (κ3) is 3.91. The van der Waals surface area contributed by atoms with E-state index in [2.05, 4.69) is 9.71 Å². The van der Waals surface area contributed by atoms with Gasteiger partial charge in [-0.15, -0.1) is 4.40 Å². The molecule has 33 heavy (non-hydrogen) atoms. The zero-order chi connectivity index (χ0) is 24.1. The van der Waals surface area contributed by atoms with Gasteiger partial charge in [0.25, 0.3) is 15.6 Å². The van der Waals surface area contributed by atoms with E-state index in [0.29, 0.717) is 35.5 Å². The van der Waals surface area contributed by atoms with Crippen molar-refractivity contribution in [2.45, 2.75) is 31.7 Å². The second kappa shape index (κ2) is 7.93. The molecule has 11 heteroatoms. The smallest absolute Gasteiger partial charge is 0.286 e. The van der Waals surface area contributed by atoms with Crippen LogP contribution in [0.25, 0.3) is 10.9 Å². The van der Waals surface area contributed by atoms with Crippen LogP contribution in [0.15, 0.2) is 50.5 Å². The van der Waals surface area contributed by atoms with Crippen LogP contribution in [0, 0.1) is 5.92 Å². The lowest BCUT2D eigenvalue weighted by atomic mass is 10.1. The highest BCUT2D eigenvalue weighted by Gasteiger charge is 2.30. The largest absolute Gasteiger partial charge is 0.506 e. The number of aromatic nitrogens is 1. The van der Waals surface area contributed by atoms with E-state index in [9.17, 15) is 23.1 Å². The van der Waals surface area contributed by atoms with E-state index in [1.807, 2.05) is 13.8 Å². The molecule has 0 bridgehead atoms. The number of carbonyl (C=O) groups excluding carboxylic acids is 1. The van der Waals surface area contributed by atoms with Crippen LogP contribution in [0.5, 0.6) is 5.75 Å². The number of nitrogens with zero attached hydrogens (tertiary/aromatic N) is 2. The summed E-state index contributed by atoms with van der Waals surface area (Å²) in [6, 6.07) is 8.61. The SMILES string of the molecule is CC(C)CCn1c(=O)c(C2=NS(=O)(=O)c3cc(C(N)=O)ccc3N2)c(O)c2cc(N)ccc21. The molecule has 1 aliphatic rings. The molecule has 172 valence electrons. The number of hydrogen-bond donors (Lipinski definition) is 4. The summed E-state index contributed by atoms with van der Waals surface area (Å²) >= 11 is 0. The number of amides is 1. The number of sulfonamides is 1. The Balaban J connectivity index is 1.96. The summed E-state index contributed by atoms with van der Waals surface area (Å²) in [6.45, 7) is 4.38. The van der Waals surface area contributed by atoms with E-state index in [-0.39, 0.29) is 27.5 Å². The topological polar surface area (TPSA) is 170 Å². The third-order valence-electron chi connectivity index (χ3n) is 5.44. The highest BCUT2D eigenvalue weighted by Crippen LogP contribution is 2.33. The normalized spacial score (nSPS) is 14.6. The van der Waals surface area contributed by atoms with Gasteiger partial charge in [0, 0.05) is 23.2 Å². The number of aryl methyl sites for hydroxylation is 1. The monoisotopic (exact) mass is 469 g/mol. The van der Waals surface area contributed by atoms with E-state index < -0.39 is 27.2 Å². The van der Waals surface area contributed by atoms with E-state index >= 15 is 0 Å². The number of amidine groups is 1. The second-order valence-electron chi connectivity index (χ2n) is 8.25. The summed E-state index contributed by atoms with van der Waals surface area (Å²) < 4.78 is 31.0. The number of benzene rings is 2. The van der Waals surface area contributed by atoms with Crippen molar-refractivity contribution in [3.05, 3.63) is 57.9 Å². The lowest BCUT2D eigenvalue weighted by molar-refractivity contribution is 0.1000. The Bertz CT molecular complexity index is 1510. The number of anilines is 2. The molecule has 0 atom stereocenters. The van der Waals surface area contributed by atoms with Crippen LogP contribution in [0.1, 0.15) is 36.2 Å². The van der Waals surface area contributed by atoms with Crippen molar-refractivity contribution in [2.24, 2.45) is 16.0 Å². The highest BCUT2D eigenvalue weighted by atomic mass is 32.2. The van der Waals surface area contributed by atoms with Crippen molar-refractivity contribution in [1.82, 2.24) is 4.57 Å². The Kier molecular flexibility index (Phi) is 5.36. The summed E-state index contributed by atoms with van der Waals surface area (Å²) in [7, 11) is -4.30. The molecule has 0 fully saturated rings. The quantitative estimate of drug-likeness (QED) is 0.414. The molecule has 0 unspecified atom stereocenters. The molecule has 0 saturated heterocycles. The second-order valence-corrected chi connectivity index (χ2v) is 9.83. The number of aromatic hydroxyl groups is 1. The van der Waals surface area contributed by atoms with Gasteiger partial charge in [0.05, 0.1) is 11.2 Å². The Morgan fingerprint density at radius 2 is 1.94 bits per heavy atom. The molecule has 1 aliphatic heterocycles. The average molecular weight is 470 g/mol. The summed E-state index contributed by atoms with van der Waals surface area (Å²) in [6.07, 6.45) is 0.681. The van der Waals surface area contributed by atoms with Crippen molar-refractivity contribution in [3.63, 3.8) is 0 Å². The number of primary amides is 1. The molecule has 1 aromatic heterocycles. The first kappa shape index (κ1) is 22.3. The minimum absolute atomic E-state index is 0.00200. The van der Waals surface area contributed by atoms with E-state index in [1.165, 1.54) is 22.8 Å². The number of nitrogens with one attached hydrogen (secondary N) is 1. The van der Waals surface area contributed by atoms with E-state index in [4.69, 9.17) is 11.5 Å². The van der Waals surface area contributed by atoms with Gasteiger partial charge in [0.15, 0.2) is 5.84 Å². The number of fused-ring (bicyclic) bond motifs is 2. The van der Waals surface area contributed by atoms with Crippen molar-refractivity contribution >= 4 is 44.0 Å². The molecule has 0 radical (unpaired) electrons. The van der Waals surface area contributed by atoms with Gasteiger partial charge in [0.2, 0.25) is 5.91 Å². The van der Waals surface area contributed by atoms with Crippen molar-refractivity contribution in [3.8, 4) is 5.75 Å². The Morgan fingerprint density at radius 3 is 2.61 bits per heavy atom. The van der Waals surface area contributed by atoms with Crippen LogP contribution in [0.3, 0.4) is 0 Å². The molecule has 4 rings (SSSR count). The molecule has 0 spiro atoms. The zero-order valence-corrected chi connectivity index (χ0v) is 18.8. The summed E-state index contributed by atoms with van der Waals surface area (Å²) in [5.74, 6) is -1.24. The predicted molar refractivity (Wildman–Crippen MR) is 126 cm³/mol. The molecule has 6 N–H and O–H groups in total. The lowest BCUT2D eigenvalue weighted by Crippen LogP contribution is -2.33. The minimum atomic E-state index is -4.30. The van der Waals surface area contributed by atoms with Gasteiger partial charge in [-0.3, -0.25) is 9.59 Å². The minimum Gasteiger partial charge on any atom is -0.506 e. The van der Waals surface area contributed by atoms with Crippen LogP contribution in [0.2, 0.25) is 0 Å². The summed E-state index contributed by atoms with van der Waals surface area (Å²) in [5.41, 5.74) is 11.2. The fraction of sp³-hybridized carbons (Fsp3) is 0.227. The van der Waals surface area contributed by atoms with Crippen LogP contribution in [0.4, 0.5) is 11.4 Å². The molecule has 0 aliphatic carbocycles. The highest BCUT2D eigenvalue weighted by molar-refractivity contribution is 7.90. The van der Waals surface area contributed by atoms with Gasteiger partial charge in [0.1, 0.15) is 16.2 Å². The standard InChI is InChI=1S/C22H23N5O5S/c1-11(2)7-8-27-16-6-4-13(23)10-14(16)19(28)18(22(27)30)21-25-15-5-3-12(20(24)29)9-17(15)33(31,32)26-21/h3-6,9-11,28H,7-8,23H2,1-2H3,(H2,24,29)(H,25,26). The van der Waals surface area contributed by atoms with Crippen molar-refractivity contribution < 1.29 is 18.3 Å². The Hall–Kier alpha value is -3.86. The van der Waals surface area contributed by atoms with Crippen LogP contribution in [-0.4, -0.2) is 29.8 Å². The molecular weight excluding hydrogens is 446 g/mol. The molecule has 2 heterocycles. The summed E-state index contributed by atoms with van der Waals surface area (Å²) in [5, 5.41) is 14.1. The lowest BCUT2D eigenvalue weighted by Gasteiger charge is -2.21. The Labute approximate surface area is 189 Å². The molecule has 0 saturated carbocycles. The summed E-state index contributed by atoms with van der Waals surface area (Å²) in [4.78, 5) is 24.7. The van der Waals surface area contributed by atoms with Gasteiger partial charge < -0.3 is 26.5 Å². The maximum absolute atomic E-state index is 13.5. The van der Waals surface area contributed by atoms with Gasteiger partial charge in [-0.1, -0.05) is 13.8 Å². The van der Waals surface area contributed by atoms with Gasteiger partial charge in [-0.25, -0.2) is 0 Å². The predicted octanol–water partition coefficient (Wildman–Crippen LogP) is 2.00. The van der Waals surface area contributed by atoms with Crippen molar-refractivity contribution in [1.29, 1.82) is 0 Å². The number of nitrogens with two attached hydrogens (primary N) is 2. The zero-order valence-electron chi connectivity index (χ0n) is 18.0. The van der Waals surface area contributed by atoms with E-state index in [0.717, 1.165) is 6.07 Å². The fourth-order valence-corrected chi connectivity index (χ4v) is 4.85. The maximum Gasteiger partial charge on any atom is 0.286 e. The van der Waals surface area contributed by atoms with Crippen LogP contribution < -0.4 is 22.3 Å². The first-order chi connectivity index (χ1) is 15.5. The van der Waals surface area contributed by atoms with Gasteiger partial charge in [-0.2, -0.15) is 8.42 Å². The number of nitrogen functional groups attached to an aromatic ring is 1. The third-order valence-corrected chi connectivity index (χ3v) is 6.75. The number of rotatable bonds is 5. The molecule has 2 aromatic carbocycles. The van der Waals surface area contributed by atoms with Crippen LogP contribution in [-0.2, 0) is 16.6 Å². The van der Waals surface area contributed by atoms with Gasteiger partial charge in [-0.05, 0) is 48.7 Å². The maximum atomic E-state index is 13.5. The van der Waals surface area contributed by atoms with E-state index in [1.54, 1.807) is 12.1 Å². The van der Waals surface area contributed by atoms with Crippen LogP contribution >= 0.6 is 0 Å². The molecule has 1 amide bonds. The first-order valence-electron chi connectivity index (χ1n) is 10.2. The first-order valence-corrected chi connectivity index (χ1v) is 11.6. The van der Waals surface area contributed by atoms with Crippen molar-refractivity contribution in [2.75, 3.05) is 11.1 Å². The fourth-order valence-electron chi connectivity index (χ4n) is 3.70. The number of carbonyl (C=O) groups is 1. The molecule has 3 aromatic rings. The average Bonchev–Trinajstić information content (AvgIpc) is 2.73. The number of hydrogen-bond acceptors (Lipinski definition) is 7. The Morgan fingerprint density at radius 1 is 1.21 bits per heavy atom.